The molecule has 0 radical (unpaired) electrons. The van der Waals surface area contributed by atoms with Crippen molar-refractivity contribution < 1.29 is 0 Å². The molecular weight excluding hydrogens is 187 g/mol. The maximum Gasteiger partial charge on any atom is -0.0240 e. The zero-order valence-electron chi connectivity index (χ0n) is 8.50. The summed E-state index contributed by atoms with van der Waals surface area (Å²) in [7, 11) is 1.01. The van der Waals surface area contributed by atoms with Crippen molar-refractivity contribution in [2.45, 2.75) is 25.7 Å². The first kappa shape index (κ1) is 9.93. The van der Waals surface area contributed by atoms with Crippen LogP contribution in [0.2, 0.25) is 0 Å². The minimum absolute atomic E-state index is 1.01. The van der Waals surface area contributed by atoms with E-state index in [1.807, 2.05) is 0 Å². The summed E-state index contributed by atoms with van der Waals surface area (Å²) < 4.78 is 0. The van der Waals surface area contributed by atoms with Crippen molar-refractivity contribution in [2.75, 3.05) is 6.16 Å². The predicted molar refractivity (Wildman–Crippen MR) is 66.1 cm³/mol. The lowest BCUT2D eigenvalue weighted by Gasteiger charge is -2.08. The molecule has 1 heteroatoms. The lowest BCUT2D eigenvalue weighted by atomic mass is 10.1. The molecule has 14 heavy (non-hydrogen) atoms. The van der Waals surface area contributed by atoms with E-state index in [0.717, 1.165) is 8.58 Å². The Labute approximate surface area is 88.3 Å². The van der Waals surface area contributed by atoms with Crippen LogP contribution in [0.5, 0.6) is 0 Å². The lowest BCUT2D eigenvalue weighted by Crippen LogP contribution is -1.84. The van der Waals surface area contributed by atoms with E-state index in [-0.39, 0.29) is 0 Å². The zero-order valence-corrected chi connectivity index (χ0v) is 9.50. The molecule has 0 aromatic carbocycles. The molecule has 0 fully saturated rings. The van der Waals surface area contributed by atoms with Gasteiger partial charge in [-0.15, -0.1) is 0 Å². The quantitative estimate of drug-likeness (QED) is 0.562. The summed E-state index contributed by atoms with van der Waals surface area (Å²) in [6.07, 6.45) is 20.1. The summed E-state index contributed by atoms with van der Waals surface area (Å²) in [5.41, 5.74) is 1.57. The van der Waals surface area contributed by atoms with E-state index in [1.54, 1.807) is 10.9 Å². The van der Waals surface area contributed by atoms with Crippen molar-refractivity contribution in [3.05, 3.63) is 47.3 Å². The van der Waals surface area contributed by atoms with Gasteiger partial charge in [0.05, 0.1) is 0 Å². The van der Waals surface area contributed by atoms with Crippen LogP contribution in [0.1, 0.15) is 25.7 Å². The van der Waals surface area contributed by atoms with Gasteiger partial charge in [-0.2, -0.15) is 0 Å². The number of hydrogen-bond acceptors (Lipinski definition) is 0. The average Bonchev–Trinajstić information content (AvgIpc) is 2.62. The molecule has 0 spiro atoms. The van der Waals surface area contributed by atoms with Crippen molar-refractivity contribution in [3.63, 3.8) is 0 Å². The van der Waals surface area contributed by atoms with Gasteiger partial charge in [0.1, 0.15) is 0 Å². The molecule has 1 aliphatic carbocycles. The topological polar surface area (TPSA) is 0 Å². The van der Waals surface area contributed by atoms with Gasteiger partial charge in [0, 0.05) is 0 Å². The molecule has 1 heterocycles. The summed E-state index contributed by atoms with van der Waals surface area (Å²) in [6.45, 7) is 0. The Kier molecular flexibility index (Phi) is 3.77. The molecule has 0 aromatic rings. The Morgan fingerprint density at radius 1 is 1.00 bits per heavy atom. The van der Waals surface area contributed by atoms with Gasteiger partial charge in [-0.25, -0.2) is 0 Å². The van der Waals surface area contributed by atoms with E-state index in [1.165, 1.54) is 31.8 Å². The summed E-state index contributed by atoms with van der Waals surface area (Å²) in [5.74, 6) is 0. The van der Waals surface area contributed by atoms with Crippen LogP contribution in [0.25, 0.3) is 0 Å². The highest BCUT2D eigenvalue weighted by Crippen LogP contribution is 2.35. The van der Waals surface area contributed by atoms with E-state index in [2.05, 4.69) is 36.5 Å². The molecule has 0 N–H and O–H groups in total. The molecule has 0 nitrogen and oxygen atoms in total. The van der Waals surface area contributed by atoms with Gasteiger partial charge >= 0.3 is 0 Å². The molecule has 1 atom stereocenters. The Bertz CT molecular complexity index is 273. The minimum atomic E-state index is 1.01. The van der Waals surface area contributed by atoms with Crippen LogP contribution in [-0.2, 0) is 0 Å². The first-order chi connectivity index (χ1) is 6.97. The number of hydrogen-bond donors (Lipinski definition) is 0. The fraction of sp³-hybridized carbons (Fsp3) is 0.385. The Morgan fingerprint density at radius 2 is 1.86 bits per heavy atom. The highest BCUT2D eigenvalue weighted by Gasteiger charge is 2.06. The van der Waals surface area contributed by atoms with Crippen LogP contribution >= 0.6 is 8.58 Å². The molecule has 2 aliphatic rings. The number of rotatable bonds is 1. The first-order valence-corrected chi connectivity index (χ1v) is 6.64. The molecule has 0 bridgehead atoms. The Morgan fingerprint density at radius 3 is 2.86 bits per heavy atom. The third-order valence-corrected chi connectivity index (χ3v) is 4.03. The van der Waals surface area contributed by atoms with Gasteiger partial charge in [-0.3, -0.25) is 0 Å². The fourth-order valence-corrected chi connectivity index (χ4v) is 3.06. The maximum absolute atomic E-state index is 2.32. The first-order valence-electron chi connectivity index (χ1n) is 5.43. The molecule has 0 aromatic heterocycles. The van der Waals surface area contributed by atoms with Crippen molar-refractivity contribution in [1.82, 2.24) is 0 Å². The third-order valence-electron chi connectivity index (χ3n) is 2.62. The maximum atomic E-state index is 2.32. The van der Waals surface area contributed by atoms with Crippen LogP contribution < -0.4 is 0 Å². The molecule has 0 saturated heterocycles. The van der Waals surface area contributed by atoms with Crippen molar-refractivity contribution in [2.24, 2.45) is 0 Å². The average molecular weight is 204 g/mol. The van der Waals surface area contributed by atoms with Crippen molar-refractivity contribution >= 4 is 8.58 Å². The van der Waals surface area contributed by atoms with Gasteiger partial charge in [-0.05, 0) is 42.7 Å². The predicted octanol–water partition coefficient (Wildman–Crippen LogP) is 4.18. The molecular formula is C13H17P. The molecule has 1 aliphatic heterocycles. The molecule has 0 saturated carbocycles. The fourth-order valence-electron chi connectivity index (χ4n) is 1.83. The van der Waals surface area contributed by atoms with E-state index in [9.17, 15) is 0 Å². The van der Waals surface area contributed by atoms with Gasteiger partial charge in [0.2, 0.25) is 0 Å². The van der Waals surface area contributed by atoms with Crippen LogP contribution in [0, 0.1) is 0 Å². The van der Waals surface area contributed by atoms with E-state index >= 15 is 0 Å². The Balaban J connectivity index is 2.12. The summed E-state index contributed by atoms with van der Waals surface area (Å²) in [5, 5.41) is 1.59. The second kappa shape index (κ2) is 5.32. The highest BCUT2D eigenvalue weighted by molar-refractivity contribution is 7.43. The highest BCUT2D eigenvalue weighted by atomic mass is 31.1. The molecule has 1 unspecified atom stereocenters. The standard InChI is InChI=1S/C13H17P/c1-2-5-9-12(8-4-1)13-10-6-3-7-11-14-13/h1,3-4,6,8,10,14H,2,5,7,9,11H2. The minimum Gasteiger partial charge on any atom is -0.0898 e. The summed E-state index contributed by atoms with van der Waals surface area (Å²) in [4.78, 5) is 0. The van der Waals surface area contributed by atoms with Crippen molar-refractivity contribution in [3.8, 4) is 0 Å². The smallest absolute Gasteiger partial charge is 0.0240 e. The van der Waals surface area contributed by atoms with E-state index < -0.39 is 0 Å². The third kappa shape index (κ3) is 2.69. The second-order valence-electron chi connectivity index (χ2n) is 3.74. The van der Waals surface area contributed by atoms with Crippen molar-refractivity contribution in [1.29, 1.82) is 0 Å². The van der Waals surface area contributed by atoms with Gasteiger partial charge in [0.25, 0.3) is 0 Å². The van der Waals surface area contributed by atoms with E-state index in [4.69, 9.17) is 0 Å². The van der Waals surface area contributed by atoms with Gasteiger partial charge < -0.3 is 0 Å². The van der Waals surface area contributed by atoms with Crippen LogP contribution in [0.3, 0.4) is 0 Å². The lowest BCUT2D eigenvalue weighted by molar-refractivity contribution is 0.852. The monoisotopic (exact) mass is 204 g/mol. The molecule has 0 amide bonds. The van der Waals surface area contributed by atoms with Crippen LogP contribution in [0.15, 0.2) is 47.3 Å². The second-order valence-corrected chi connectivity index (χ2v) is 5.13. The van der Waals surface area contributed by atoms with Gasteiger partial charge in [0.15, 0.2) is 0 Å². The SMILES string of the molecule is C1=CCCCC(C2=CC=CCCP2)=C1. The number of allylic oxidation sites excluding steroid dienone is 8. The summed E-state index contributed by atoms with van der Waals surface area (Å²) >= 11 is 0. The summed E-state index contributed by atoms with van der Waals surface area (Å²) in [6, 6.07) is 0. The molecule has 74 valence electrons. The molecule has 2 rings (SSSR count). The van der Waals surface area contributed by atoms with Crippen LogP contribution in [0.4, 0.5) is 0 Å². The largest absolute Gasteiger partial charge is 0.0898 e. The van der Waals surface area contributed by atoms with Gasteiger partial charge in [-0.1, -0.05) is 45.0 Å². The van der Waals surface area contributed by atoms with Crippen LogP contribution in [-0.4, -0.2) is 6.16 Å². The normalized spacial score (nSPS) is 24.0. The zero-order chi connectivity index (χ0) is 9.64. The Hall–Kier alpha value is -0.610. The van der Waals surface area contributed by atoms with E-state index in [0.29, 0.717) is 0 Å².